The van der Waals surface area contributed by atoms with Crippen LogP contribution in [0, 0.1) is 25.7 Å². The Balaban J connectivity index is 1.71. The summed E-state index contributed by atoms with van der Waals surface area (Å²) in [4.78, 5) is 33.8. The van der Waals surface area contributed by atoms with Gasteiger partial charge in [0.2, 0.25) is 5.89 Å². The second-order valence-corrected chi connectivity index (χ2v) is 9.79. The van der Waals surface area contributed by atoms with Crippen LogP contribution in [0.4, 0.5) is 0 Å². The van der Waals surface area contributed by atoms with Crippen LogP contribution in [-0.4, -0.2) is 52.4 Å². The highest BCUT2D eigenvalue weighted by atomic mass is 16.5. The summed E-state index contributed by atoms with van der Waals surface area (Å²) in [6.45, 7) is 15.3. The normalized spacial score (nSPS) is 17.3. The Morgan fingerprint density at radius 2 is 2.00 bits per heavy atom. The van der Waals surface area contributed by atoms with E-state index in [0.29, 0.717) is 49.8 Å². The number of carbonyl (C=O) groups is 2. The summed E-state index contributed by atoms with van der Waals surface area (Å²) in [5.41, 5.74) is 4.09. The van der Waals surface area contributed by atoms with Gasteiger partial charge in [0.25, 0.3) is 5.91 Å². The lowest BCUT2D eigenvalue weighted by molar-refractivity contribution is -0.149. The minimum absolute atomic E-state index is 0.193. The molecule has 1 aliphatic heterocycles. The van der Waals surface area contributed by atoms with Gasteiger partial charge in [-0.1, -0.05) is 37.6 Å². The number of ether oxygens (including phenoxy) is 1. The number of rotatable bonds is 9. The topological polar surface area (TPSA) is 75.9 Å². The highest BCUT2D eigenvalue weighted by molar-refractivity contribution is 5.92. The van der Waals surface area contributed by atoms with E-state index in [2.05, 4.69) is 62.7 Å². The average Bonchev–Trinajstić information content (AvgIpc) is 3.28. The summed E-state index contributed by atoms with van der Waals surface area (Å²) in [6, 6.07) is 6.84. The molecule has 0 N–H and O–H groups in total. The van der Waals surface area contributed by atoms with Crippen molar-refractivity contribution < 1.29 is 18.7 Å². The third-order valence-corrected chi connectivity index (χ3v) is 6.85. The highest BCUT2D eigenvalue weighted by Crippen LogP contribution is 2.22. The number of hydrogen-bond donors (Lipinski definition) is 0. The van der Waals surface area contributed by atoms with Crippen LogP contribution >= 0.6 is 0 Å². The molecule has 2 aromatic rings. The molecule has 0 unspecified atom stereocenters. The molecule has 2 heterocycles. The van der Waals surface area contributed by atoms with E-state index in [9.17, 15) is 9.59 Å². The van der Waals surface area contributed by atoms with E-state index in [-0.39, 0.29) is 17.8 Å². The van der Waals surface area contributed by atoms with E-state index in [0.717, 1.165) is 19.4 Å². The molecule has 1 amide bonds. The zero-order valence-corrected chi connectivity index (χ0v) is 21.5. The lowest BCUT2D eigenvalue weighted by Gasteiger charge is -2.31. The Kier molecular flexibility index (Phi) is 8.89. The molecule has 0 spiro atoms. The van der Waals surface area contributed by atoms with Crippen molar-refractivity contribution in [3.05, 3.63) is 52.7 Å². The van der Waals surface area contributed by atoms with Gasteiger partial charge in [0, 0.05) is 25.7 Å². The number of benzene rings is 1. The van der Waals surface area contributed by atoms with Crippen LogP contribution in [0.2, 0.25) is 0 Å². The van der Waals surface area contributed by atoms with Crippen molar-refractivity contribution in [2.75, 3.05) is 19.7 Å². The molecule has 0 saturated carbocycles. The van der Waals surface area contributed by atoms with Crippen molar-refractivity contribution in [2.24, 2.45) is 11.8 Å². The number of carbonyl (C=O) groups excluding carboxylic acids is 2. The Hall–Kier alpha value is -2.67. The predicted molar refractivity (Wildman–Crippen MR) is 131 cm³/mol. The third-order valence-electron chi connectivity index (χ3n) is 6.85. The Morgan fingerprint density at radius 3 is 2.68 bits per heavy atom. The van der Waals surface area contributed by atoms with Gasteiger partial charge in [-0.2, -0.15) is 0 Å². The fourth-order valence-corrected chi connectivity index (χ4v) is 4.44. The Morgan fingerprint density at radius 1 is 1.24 bits per heavy atom. The molecule has 1 aliphatic rings. The first kappa shape index (κ1) is 25.9. The highest BCUT2D eigenvalue weighted by Gasteiger charge is 2.31. The molecule has 7 nitrogen and oxygen atoms in total. The van der Waals surface area contributed by atoms with Gasteiger partial charge in [-0.05, 0) is 57.6 Å². The zero-order valence-electron chi connectivity index (χ0n) is 21.5. The van der Waals surface area contributed by atoms with Gasteiger partial charge in [-0.3, -0.25) is 14.5 Å². The fraction of sp³-hybridized carbons (Fsp3) is 0.593. The molecule has 1 aromatic heterocycles. The van der Waals surface area contributed by atoms with Gasteiger partial charge in [0.1, 0.15) is 6.26 Å². The summed E-state index contributed by atoms with van der Waals surface area (Å²) in [5, 5.41) is 0. The molecule has 1 fully saturated rings. The summed E-state index contributed by atoms with van der Waals surface area (Å²) < 4.78 is 10.9. The molecule has 0 bridgehead atoms. The number of esters is 1. The van der Waals surface area contributed by atoms with Crippen LogP contribution < -0.4 is 0 Å². The van der Waals surface area contributed by atoms with E-state index >= 15 is 0 Å². The van der Waals surface area contributed by atoms with Crippen LogP contribution in [0.15, 0.2) is 28.9 Å². The van der Waals surface area contributed by atoms with Crippen LogP contribution in [0.25, 0.3) is 0 Å². The molecular weight excluding hydrogens is 430 g/mol. The molecule has 7 heteroatoms. The van der Waals surface area contributed by atoms with Gasteiger partial charge in [0.15, 0.2) is 5.69 Å². The summed E-state index contributed by atoms with van der Waals surface area (Å²) in [5.74, 6) is 0.283. The molecular formula is C27H39N3O4. The lowest BCUT2D eigenvalue weighted by atomic mass is 9.98. The number of nitrogens with zero attached hydrogens (tertiary/aromatic N) is 3. The fourth-order valence-electron chi connectivity index (χ4n) is 4.44. The second kappa shape index (κ2) is 11.6. The number of hydrogen-bond acceptors (Lipinski definition) is 6. The molecule has 1 aromatic carbocycles. The molecule has 1 saturated heterocycles. The number of piperidine rings is 1. The van der Waals surface area contributed by atoms with Crippen molar-refractivity contribution in [1.82, 2.24) is 14.8 Å². The molecule has 0 radical (unpaired) electrons. The summed E-state index contributed by atoms with van der Waals surface area (Å²) >= 11 is 0. The smallest absolute Gasteiger partial charge is 0.310 e. The van der Waals surface area contributed by atoms with Gasteiger partial charge >= 0.3 is 5.97 Å². The second-order valence-electron chi connectivity index (χ2n) is 9.79. The molecule has 3 rings (SSSR count). The van der Waals surface area contributed by atoms with E-state index in [1.54, 1.807) is 11.8 Å². The largest absolute Gasteiger partial charge is 0.466 e. The first-order valence-corrected chi connectivity index (χ1v) is 12.4. The summed E-state index contributed by atoms with van der Waals surface area (Å²) in [6.07, 6.45) is 2.96. The van der Waals surface area contributed by atoms with Crippen LogP contribution in [-0.2, 0) is 22.6 Å². The SMILES string of the molecule is CCOC(=O)[C@@H]1CCCN(C(=O)c2coc(CN(Cc3ccc(C)cc3C)[C@H](C)C(C)C)n2)C1. The average molecular weight is 470 g/mol. The molecule has 34 heavy (non-hydrogen) atoms. The Bertz CT molecular complexity index is 984. The first-order valence-electron chi connectivity index (χ1n) is 12.4. The zero-order chi connectivity index (χ0) is 24.8. The van der Waals surface area contributed by atoms with E-state index in [1.807, 2.05) is 0 Å². The number of likely N-dealkylation sites (tertiary alicyclic amines) is 1. The minimum atomic E-state index is -0.274. The van der Waals surface area contributed by atoms with Crippen LogP contribution in [0.1, 0.15) is 73.6 Å². The van der Waals surface area contributed by atoms with Crippen molar-refractivity contribution in [2.45, 2.75) is 73.5 Å². The summed E-state index contributed by atoms with van der Waals surface area (Å²) in [7, 11) is 0. The maximum Gasteiger partial charge on any atom is 0.310 e. The van der Waals surface area contributed by atoms with Gasteiger partial charge in [-0.25, -0.2) is 4.98 Å². The maximum atomic E-state index is 13.1. The van der Waals surface area contributed by atoms with Crippen molar-refractivity contribution in [1.29, 1.82) is 0 Å². The number of oxazole rings is 1. The number of aromatic nitrogens is 1. The monoisotopic (exact) mass is 469 g/mol. The number of aryl methyl sites for hydroxylation is 2. The Labute approximate surface area is 203 Å². The first-order chi connectivity index (χ1) is 16.2. The van der Waals surface area contributed by atoms with Crippen molar-refractivity contribution >= 4 is 11.9 Å². The standard InChI is InChI=1S/C27H39N3O4/c1-7-33-27(32)23-9-8-12-29(15-23)26(31)24-17-34-25(28-24)16-30(21(6)18(2)3)14-22-11-10-19(4)13-20(22)5/h10-11,13,17-18,21,23H,7-9,12,14-16H2,1-6H3/t21-,23-/m1/s1. The number of amides is 1. The quantitative estimate of drug-likeness (QED) is 0.493. The lowest BCUT2D eigenvalue weighted by Crippen LogP contribution is -2.43. The molecule has 2 atom stereocenters. The predicted octanol–water partition coefficient (Wildman–Crippen LogP) is 4.75. The van der Waals surface area contributed by atoms with Gasteiger partial charge < -0.3 is 14.1 Å². The third kappa shape index (κ3) is 6.47. The van der Waals surface area contributed by atoms with E-state index in [4.69, 9.17) is 9.15 Å². The van der Waals surface area contributed by atoms with Crippen molar-refractivity contribution in [3.63, 3.8) is 0 Å². The van der Waals surface area contributed by atoms with E-state index in [1.165, 1.54) is 23.0 Å². The molecule has 0 aliphatic carbocycles. The molecule has 186 valence electrons. The van der Waals surface area contributed by atoms with Crippen molar-refractivity contribution in [3.8, 4) is 0 Å². The van der Waals surface area contributed by atoms with Gasteiger partial charge in [0.05, 0.1) is 19.1 Å². The van der Waals surface area contributed by atoms with Gasteiger partial charge in [-0.15, -0.1) is 0 Å². The van der Waals surface area contributed by atoms with Crippen LogP contribution in [0.3, 0.4) is 0 Å². The van der Waals surface area contributed by atoms with E-state index < -0.39 is 0 Å². The van der Waals surface area contributed by atoms with Crippen LogP contribution in [0.5, 0.6) is 0 Å². The minimum Gasteiger partial charge on any atom is -0.466 e. The maximum absolute atomic E-state index is 13.1.